The highest BCUT2D eigenvalue weighted by atomic mass is 16.4. The average Bonchev–Trinajstić information content (AvgIpc) is 2.38. The lowest BCUT2D eigenvalue weighted by Gasteiger charge is -2.18. The van der Waals surface area contributed by atoms with Crippen LogP contribution >= 0.6 is 0 Å². The molecule has 0 aliphatic carbocycles. The molecule has 5 nitrogen and oxygen atoms in total. The monoisotopic (exact) mass is 260 g/mol. The molecule has 1 unspecified atom stereocenters. The Kier molecular flexibility index (Phi) is 3.29. The summed E-state index contributed by atoms with van der Waals surface area (Å²) in [5.41, 5.74) is 6.04. The molecule has 5 heteroatoms. The van der Waals surface area contributed by atoms with E-state index in [4.69, 9.17) is 10.8 Å². The van der Waals surface area contributed by atoms with Crippen LogP contribution in [0.4, 0.5) is 5.69 Å². The Balaban J connectivity index is 2.97. The van der Waals surface area contributed by atoms with Gasteiger partial charge in [0.1, 0.15) is 5.56 Å². The van der Waals surface area contributed by atoms with Gasteiger partial charge in [-0.1, -0.05) is 13.0 Å². The first kappa shape index (κ1) is 13.1. The summed E-state index contributed by atoms with van der Waals surface area (Å²) in [7, 11) is 0. The maximum Gasteiger partial charge on any atom is 0.341 e. The van der Waals surface area contributed by atoms with Crippen LogP contribution in [0.15, 0.2) is 29.2 Å². The van der Waals surface area contributed by atoms with E-state index in [2.05, 4.69) is 0 Å². The van der Waals surface area contributed by atoms with Crippen molar-refractivity contribution in [3.63, 3.8) is 0 Å². The molecule has 1 aromatic heterocycles. The molecule has 3 N–H and O–H groups in total. The van der Waals surface area contributed by atoms with E-state index in [1.165, 1.54) is 6.20 Å². The third kappa shape index (κ3) is 2.07. The number of fused-ring (bicyclic) bond motifs is 1. The van der Waals surface area contributed by atoms with E-state index >= 15 is 0 Å². The number of nitrogen functional groups attached to an aromatic ring is 1. The molecule has 0 spiro atoms. The molecule has 1 heterocycles. The number of carbonyl (C=O) groups is 1. The second-order valence-electron chi connectivity index (χ2n) is 4.58. The van der Waals surface area contributed by atoms with Gasteiger partial charge in [0.25, 0.3) is 0 Å². The number of hydrogen-bond donors (Lipinski definition) is 2. The molecule has 0 amide bonds. The van der Waals surface area contributed by atoms with Crippen LogP contribution in [0.2, 0.25) is 0 Å². The van der Waals surface area contributed by atoms with E-state index in [1.807, 2.05) is 13.8 Å². The molecule has 100 valence electrons. The number of pyridine rings is 1. The van der Waals surface area contributed by atoms with E-state index in [0.717, 1.165) is 6.42 Å². The van der Waals surface area contributed by atoms with Crippen LogP contribution in [0.5, 0.6) is 0 Å². The number of carboxylic acid groups (broad SMARTS) is 1. The number of nitrogens with zero attached hydrogens (tertiary/aromatic N) is 1. The lowest BCUT2D eigenvalue weighted by molar-refractivity contribution is 0.0694. The van der Waals surface area contributed by atoms with Gasteiger partial charge in [-0.25, -0.2) is 4.79 Å². The van der Waals surface area contributed by atoms with Crippen molar-refractivity contribution in [2.75, 3.05) is 5.73 Å². The van der Waals surface area contributed by atoms with Gasteiger partial charge in [0.15, 0.2) is 0 Å². The van der Waals surface area contributed by atoms with Crippen LogP contribution < -0.4 is 11.2 Å². The summed E-state index contributed by atoms with van der Waals surface area (Å²) in [5.74, 6) is -1.23. The van der Waals surface area contributed by atoms with Crippen LogP contribution in [0.25, 0.3) is 10.9 Å². The molecule has 19 heavy (non-hydrogen) atoms. The zero-order chi connectivity index (χ0) is 14.2. The van der Waals surface area contributed by atoms with Crippen LogP contribution in [0.1, 0.15) is 36.7 Å². The second kappa shape index (κ2) is 4.76. The first-order chi connectivity index (χ1) is 8.97. The highest BCUT2D eigenvalue weighted by Crippen LogP contribution is 2.22. The Morgan fingerprint density at radius 2 is 2.16 bits per heavy atom. The second-order valence-corrected chi connectivity index (χ2v) is 4.58. The first-order valence-electron chi connectivity index (χ1n) is 6.14. The summed E-state index contributed by atoms with van der Waals surface area (Å²) in [5, 5.41) is 9.42. The molecule has 2 rings (SSSR count). The molecule has 0 aliphatic rings. The van der Waals surface area contributed by atoms with Crippen molar-refractivity contribution in [3.8, 4) is 0 Å². The summed E-state index contributed by atoms with van der Waals surface area (Å²) in [6.07, 6.45) is 2.23. The van der Waals surface area contributed by atoms with Gasteiger partial charge in [-0.3, -0.25) is 4.79 Å². The highest BCUT2D eigenvalue weighted by Gasteiger charge is 2.17. The fourth-order valence-corrected chi connectivity index (χ4v) is 2.14. The molecular formula is C14H16N2O3. The Hall–Kier alpha value is -2.30. The number of anilines is 1. The van der Waals surface area contributed by atoms with Crippen molar-refractivity contribution in [2.24, 2.45) is 0 Å². The van der Waals surface area contributed by atoms with Crippen LogP contribution in [-0.4, -0.2) is 15.6 Å². The van der Waals surface area contributed by atoms with E-state index in [9.17, 15) is 9.59 Å². The quantitative estimate of drug-likeness (QED) is 0.829. The zero-order valence-electron chi connectivity index (χ0n) is 10.9. The SMILES string of the molecule is CCC(C)n1cc(C(=O)O)c(=O)c2c(N)cccc21. The molecule has 1 atom stereocenters. The number of rotatable bonds is 3. The number of aromatic carboxylic acids is 1. The van der Waals surface area contributed by atoms with Crippen molar-refractivity contribution in [2.45, 2.75) is 26.3 Å². The third-order valence-corrected chi connectivity index (χ3v) is 3.39. The smallest absolute Gasteiger partial charge is 0.341 e. The molecule has 0 bridgehead atoms. The molecule has 2 aromatic rings. The van der Waals surface area contributed by atoms with Gasteiger partial charge < -0.3 is 15.4 Å². The maximum atomic E-state index is 12.2. The molecule has 0 radical (unpaired) electrons. The summed E-state index contributed by atoms with van der Waals surface area (Å²) in [4.78, 5) is 23.4. The van der Waals surface area contributed by atoms with Gasteiger partial charge in [0, 0.05) is 17.9 Å². The molecular weight excluding hydrogens is 244 g/mol. The Bertz CT molecular complexity index is 704. The van der Waals surface area contributed by atoms with Crippen molar-refractivity contribution < 1.29 is 9.90 Å². The average molecular weight is 260 g/mol. The molecule has 0 saturated heterocycles. The topological polar surface area (TPSA) is 85.3 Å². The lowest BCUT2D eigenvalue weighted by atomic mass is 10.1. The van der Waals surface area contributed by atoms with E-state index in [0.29, 0.717) is 11.2 Å². The van der Waals surface area contributed by atoms with Gasteiger partial charge in [-0.05, 0) is 25.5 Å². The predicted octanol–water partition coefficient (Wildman–Crippen LogP) is 2.25. The minimum atomic E-state index is -1.23. The number of nitrogens with two attached hydrogens (primary N) is 1. The highest BCUT2D eigenvalue weighted by molar-refractivity contribution is 5.97. The van der Waals surface area contributed by atoms with Gasteiger partial charge in [-0.2, -0.15) is 0 Å². The third-order valence-electron chi connectivity index (χ3n) is 3.39. The number of benzene rings is 1. The van der Waals surface area contributed by atoms with Crippen molar-refractivity contribution in [1.82, 2.24) is 4.57 Å². The minimum absolute atomic E-state index is 0.0861. The fourth-order valence-electron chi connectivity index (χ4n) is 2.14. The van der Waals surface area contributed by atoms with E-state index in [1.54, 1.807) is 22.8 Å². The summed E-state index contributed by atoms with van der Waals surface area (Å²) >= 11 is 0. The summed E-state index contributed by atoms with van der Waals surface area (Å²) in [6, 6.07) is 5.24. The van der Waals surface area contributed by atoms with Gasteiger partial charge in [0.2, 0.25) is 5.43 Å². The largest absolute Gasteiger partial charge is 0.477 e. The van der Waals surface area contributed by atoms with Gasteiger partial charge >= 0.3 is 5.97 Å². The minimum Gasteiger partial charge on any atom is -0.477 e. The predicted molar refractivity (Wildman–Crippen MR) is 74.6 cm³/mol. The Morgan fingerprint density at radius 3 is 2.74 bits per heavy atom. The normalized spacial score (nSPS) is 12.5. The van der Waals surface area contributed by atoms with Crippen LogP contribution in [0, 0.1) is 0 Å². The molecule has 0 aliphatic heterocycles. The number of carboxylic acids is 1. The zero-order valence-corrected chi connectivity index (χ0v) is 10.9. The first-order valence-corrected chi connectivity index (χ1v) is 6.14. The van der Waals surface area contributed by atoms with Crippen molar-refractivity contribution in [1.29, 1.82) is 0 Å². The van der Waals surface area contributed by atoms with Crippen molar-refractivity contribution in [3.05, 3.63) is 40.2 Å². The van der Waals surface area contributed by atoms with Crippen molar-refractivity contribution >= 4 is 22.6 Å². The lowest BCUT2D eigenvalue weighted by Crippen LogP contribution is -2.21. The maximum absolute atomic E-state index is 12.2. The van der Waals surface area contributed by atoms with E-state index < -0.39 is 11.4 Å². The summed E-state index contributed by atoms with van der Waals surface area (Å²) in [6.45, 7) is 3.97. The Labute approximate surface area is 110 Å². The molecule has 0 saturated carbocycles. The summed E-state index contributed by atoms with van der Waals surface area (Å²) < 4.78 is 1.80. The van der Waals surface area contributed by atoms with Gasteiger partial charge in [0.05, 0.1) is 10.9 Å². The van der Waals surface area contributed by atoms with E-state index in [-0.39, 0.29) is 17.0 Å². The number of aromatic nitrogens is 1. The van der Waals surface area contributed by atoms with Crippen LogP contribution in [0.3, 0.4) is 0 Å². The fraction of sp³-hybridized carbons (Fsp3) is 0.286. The Morgan fingerprint density at radius 1 is 1.47 bits per heavy atom. The number of hydrogen-bond acceptors (Lipinski definition) is 3. The molecule has 0 fully saturated rings. The van der Waals surface area contributed by atoms with Crippen LogP contribution in [-0.2, 0) is 0 Å². The van der Waals surface area contributed by atoms with Gasteiger partial charge in [-0.15, -0.1) is 0 Å². The standard InChI is InChI=1S/C14H16N2O3/c1-3-8(2)16-7-9(14(18)19)13(17)12-10(15)5-4-6-11(12)16/h4-8H,3,15H2,1-2H3,(H,18,19). The molecule has 1 aromatic carbocycles.